The summed E-state index contributed by atoms with van der Waals surface area (Å²) in [6.45, 7) is 15.2. The van der Waals surface area contributed by atoms with Crippen LogP contribution in [0.25, 0.3) is 5.52 Å². The summed E-state index contributed by atoms with van der Waals surface area (Å²) < 4.78 is 1.83. The van der Waals surface area contributed by atoms with Gasteiger partial charge < -0.3 is 31.1 Å². The van der Waals surface area contributed by atoms with Crippen molar-refractivity contribution in [2.45, 2.75) is 154 Å². The number of carbonyl (C=O) groups is 2. The fraction of sp³-hybridized carbons (Fsp3) is 0.530. The molecule has 6 unspecified atom stereocenters. The van der Waals surface area contributed by atoms with Crippen LogP contribution in [0, 0.1) is 29.6 Å². The Labute approximate surface area is 508 Å². The van der Waals surface area contributed by atoms with Crippen molar-refractivity contribution in [1.29, 1.82) is 0 Å². The Balaban J connectivity index is 0.000000137. The molecule has 87 heavy (non-hydrogen) atoms. The summed E-state index contributed by atoms with van der Waals surface area (Å²) in [5, 5.41) is 32.7. The number of likely N-dealkylation sites (tertiary alicyclic amines) is 3. The fourth-order valence-corrected chi connectivity index (χ4v) is 13.7. The molecule has 7 aromatic rings. The number of fused-ring (bicyclic) bond motifs is 1. The number of hydrogen-bond acceptors (Lipinski definition) is 15. The molecular weight excluding hydrogens is 1100 g/mol. The van der Waals surface area contributed by atoms with Crippen LogP contribution in [0.4, 0.5) is 0 Å². The molecule has 6 atom stereocenters. The van der Waals surface area contributed by atoms with Crippen LogP contribution in [0.2, 0.25) is 0 Å². The summed E-state index contributed by atoms with van der Waals surface area (Å²) in [4.78, 5) is 80.0. The first-order chi connectivity index (χ1) is 42.3. The number of aliphatic carboxylic acids is 1. The van der Waals surface area contributed by atoms with E-state index < -0.39 is 5.97 Å². The molecule has 13 rings (SSSR count). The number of nitrogens with zero attached hydrogens (tertiary/aromatic N) is 10. The Bertz CT molecular complexity index is 3520. The number of carbonyl (C=O) groups excluding carboxylic acids is 1. The zero-order valence-corrected chi connectivity index (χ0v) is 50.7. The molecule has 4 aromatic heterocycles. The van der Waals surface area contributed by atoms with Crippen LogP contribution in [0.1, 0.15) is 173 Å². The van der Waals surface area contributed by atoms with E-state index in [0.717, 1.165) is 135 Å². The Kier molecular flexibility index (Phi) is 21.4. The molecule has 21 nitrogen and oxygen atoms in total. The van der Waals surface area contributed by atoms with Gasteiger partial charge in [-0.3, -0.25) is 38.7 Å². The van der Waals surface area contributed by atoms with Crippen molar-refractivity contribution < 1.29 is 14.7 Å². The number of nitrogens with one attached hydrogen (secondary N) is 4. The Morgan fingerprint density at radius 2 is 0.954 bits per heavy atom. The number of imidazole rings is 1. The third kappa shape index (κ3) is 16.3. The fourth-order valence-electron chi connectivity index (χ4n) is 13.7. The topological polar surface area (TPSA) is 282 Å². The molecule has 7 heterocycles. The number of hydrogen-bond donors (Lipinski definition) is 6. The predicted molar refractivity (Wildman–Crippen MR) is 332 cm³/mol. The summed E-state index contributed by atoms with van der Waals surface area (Å²) in [5.41, 5.74) is 9.94. The highest BCUT2D eigenvalue weighted by atomic mass is 16.4. The third-order valence-corrected chi connectivity index (χ3v) is 18.6. The Morgan fingerprint density at radius 3 is 1.38 bits per heavy atom. The molecule has 0 radical (unpaired) electrons. The van der Waals surface area contributed by atoms with E-state index >= 15 is 0 Å². The Hall–Kier alpha value is -7.59. The number of benzene rings is 3. The maximum absolute atomic E-state index is 12.7. The van der Waals surface area contributed by atoms with Crippen molar-refractivity contribution in [2.75, 3.05) is 39.3 Å². The van der Waals surface area contributed by atoms with E-state index in [-0.39, 0.29) is 76.7 Å². The Morgan fingerprint density at radius 1 is 0.540 bits per heavy atom. The maximum Gasteiger partial charge on any atom is 0.306 e. The van der Waals surface area contributed by atoms with Crippen molar-refractivity contribution in [3.05, 3.63) is 180 Å². The summed E-state index contributed by atoms with van der Waals surface area (Å²) in [6, 6.07) is 31.4. The number of aromatic amines is 3. The maximum atomic E-state index is 12.7. The van der Waals surface area contributed by atoms with Gasteiger partial charge >= 0.3 is 5.97 Å². The van der Waals surface area contributed by atoms with Crippen molar-refractivity contribution >= 4 is 17.4 Å². The number of amides is 1. The monoisotopic (exact) mass is 1190 g/mol. The van der Waals surface area contributed by atoms with Crippen molar-refractivity contribution in [3.63, 3.8) is 0 Å². The van der Waals surface area contributed by atoms with Gasteiger partial charge in [0.05, 0.1) is 18.7 Å². The molecule has 6 fully saturated rings. The number of carboxylic acids is 1. The van der Waals surface area contributed by atoms with E-state index in [0.29, 0.717) is 40.8 Å². The van der Waals surface area contributed by atoms with Gasteiger partial charge in [0.15, 0.2) is 5.52 Å². The normalized spacial score (nSPS) is 22.8. The van der Waals surface area contributed by atoms with Crippen LogP contribution in [0.3, 0.4) is 0 Å². The predicted octanol–water partition coefficient (Wildman–Crippen LogP) is 7.64. The highest BCUT2D eigenvalue weighted by Gasteiger charge is 2.36. The second-order valence-electron chi connectivity index (χ2n) is 25.2. The van der Waals surface area contributed by atoms with Crippen molar-refractivity contribution in [3.8, 4) is 0 Å². The van der Waals surface area contributed by atoms with Gasteiger partial charge in [-0.25, -0.2) is 9.50 Å². The second kappa shape index (κ2) is 29.9. The molecule has 21 heteroatoms. The van der Waals surface area contributed by atoms with Gasteiger partial charge in [-0.05, 0) is 73.0 Å². The summed E-state index contributed by atoms with van der Waals surface area (Å²) in [6.07, 6.45) is 14.6. The summed E-state index contributed by atoms with van der Waals surface area (Å²) >= 11 is 0. The molecule has 3 saturated carbocycles. The third-order valence-electron chi connectivity index (χ3n) is 18.6. The van der Waals surface area contributed by atoms with Crippen LogP contribution >= 0.6 is 0 Å². The molecule has 462 valence electrons. The van der Waals surface area contributed by atoms with Gasteiger partial charge in [-0.15, -0.1) is 20.4 Å². The minimum Gasteiger partial charge on any atom is -0.481 e. The molecule has 3 aliphatic carbocycles. The lowest BCUT2D eigenvalue weighted by Gasteiger charge is -2.16. The zero-order chi connectivity index (χ0) is 60.8. The summed E-state index contributed by atoms with van der Waals surface area (Å²) in [5.74, 6) is 4.84. The van der Waals surface area contributed by atoms with Crippen molar-refractivity contribution in [2.24, 2.45) is 35.3 Å². The van der Waals surface area contributed by atoms with Crippen molar-refractivity contribution in [1.82, 2.24) is 70.0 Å². The molecule has 3 aromatic carbocycles. The number of rotatable bonds is 15. The second-order valence-corrected chi connectivity index (χ2v) is 25.2. The van der Waals surface area contributed by atoms with E-state index in [2.05, 4.69) is 160 Å². The van der Waals surface area contributed by atoms with Crippen LogP contribution in [0.5, 0.6) is 0 Å². The highest BCUT2D eigenvalue weighted by Crippen LogP contribution is 2.36. The highest BCUT2D eigenvalue weighted by molar-refractivity contribution is 5.78. The van der Waals surface area contributed by atoms with Crippen LogP contribution in [-0.2, 0) is 42.3 Å². The van der Waals surface area contributed by atoms with E-state index in [9.17, 15) is 24.0 Å². The van der Waals surface area contributed by atoms with E-state index in [1.54, 1.807) is 6.20 Å². The van der Waals surface area contributed by atoms with E-state index in [4.69, 9.17) is 15.9 Å². The number of H-pyrrole nitrogens is 3. The molecule has 3 aliphatic heterocycles. The lowest BCUT2D eigenvalue weighted by atomic mass is 9.97. The molecule has 3 saturated heterocycles. The van der Waals surface area contributed by atoms with Gasteiger partial charge in [0.25, 0.3) is 16.7 Å². The molecule has 0 spiro atoms. The SMILES string of the molecule is CC1CN(Cc2ccccc2)CC1c1nn2c(C3CCCC3)ncc2c(=O)[nH]1.CC1CN(Cc2ccccc2)CC1c1nnc(CN)c(=O)[nH]1.CC1CN(Cc2ccccc2)CC1c1nnc(CNC(=O)C2CCCC2)c(=O)[nH]1.O=C(O)C1CCCC1. The molecular formula is C66H87N15O6. The van der Waals surface area contributed by atoms with Gasteiger partial charge in [-0.2, -0.15) is 5.10 Å². The first-order valence-electron chi connectivity index (χ1n) is 31.7. The average Bonchev–Trinajstić information content (AvgIpc) is 1.98. The quantitative estimate of drug-likeness (QED) is 0.0575. The van der Waals surface area contributed by atoms with Gasteiger partial charge in [-0.1, -0.05) is 150 Å². The number of aromatic nitrogens is 10. The van der Waals surface area contributed by atoms with Crippen LogP contribution in [0.15, 0.2) is 112 Å². The molecule has 0 bridgehead atoms. The average molecular weight is 1190 g/mol. The lowest BCUT2D eigenvalue weighted by Crippen LogP contribution is -2.33. The van der Waals surface area contributed by atoms with Gasteiger partial charge in [0.2, 0.25) is 5.91 Å². The zero-order valence-electron chi connectivity index (χ0n) is 50.7. The molecule has 7 N–H and O–H groups in total. The number of carboxylic acid groups (broad SMARTS) is 1. The number of nitrogens with two attached hydrogens (primary N) is 1. The standard InChI is InChI=1S/C22H29N5O2.C22H27N5O.C16H21N5O.C6H10O2/c1-15-12-27(13-16-7-3-2-4-8-16)14-18(15)20-24-22(29)19(25-26-20)11-23-21(28)17-9-5-6-10-17;1-15-12-26(13-16-7-3-2-4-8-16)14-18(15)20-24-22(28)19-11-23-21(27(19)25-20)17-9-5-6-10-17;1-11-8-21(9-12-5-3-2-4-6-12)10-13(11)15-18-16(22)14(7-17)19-20-15;7-6(8)5-3-1-2-4-5/h2-4,7-8,15,17-18H,5-6,9-14H2,1H3,(H,23,28)(H,24,26,29);2-4,7-8,11,15,17-18H,5-6,9-10,12-14H2,1H3,(H,24,25,28);2-6,11,13H,7-10,17H2,1H3,(H,18,20,22);5H,1-4H2,(H,7,8). The molecule has 6 aliphatic rings. The van der Waals surface area contributed by atoms with Gasteiger partial charge in [0.1, 0.15) is 34.7 Å². The van der Waals surface area contributed by atoms with E-state index in [1.807, 2.05) is 16.6 Å². The first-order valence-corrected chi connectivity index (χ1v) is 31.7. The van der Waals surface area contributed by atoms with Gasteiger partial charge in [0, 0.05) is 95.0 Å². The van der Waals surface area contributed by atoms with E-state index in [1.165, 1.54) is 29.5 Å². The molecule has 1 amide bonds. The first kappa shape index (κ1) is 62.5. The summed E-state index contributed by atoms with van der Waals surface area (Å²) in [7, 11) is 0. The minimum atomic E-state index is -0.609. The lowest BCUT2D eigenvalue weighted by molar-refractivity contribution is -0.141. The minimum absolute atomic E-state index is 0.0185. The largest absolute Gasteiger partial charge is 0.481 e. The smallest absolute Gasteiger partial charge is 0.306 e. The van der Waals surface area contributed by atoms with Crippen LogP contribution in [-0.4, -0.2) is 121 Å². The van der Waals surface area contributed by atoms with Crippen LogP contribution < -0.4 is 27.7 Å².